The first kappa shape index (κ1) is 15.8. The normalized spacial score (nSPS) is 27.4. The third kappa shape index (κ3) is 2.46. The van der Waals surface area contributed by atoms with Crippen molar-refractivity contribution < 1.29 is 4.74 Å². The molecule has 2 aliphatic rings. The molecule has 1 aromatic heterocycles. The van der Waals surface area contributed by atoms with Crippen molar-refractivity contribution in [2.24, 2.45) is 11.8 Å². The number of hydrogen-bond acceptors (Lipinski definition) is 2. The largest absolute Gasteiger partial charge is 0.497 e. The van der Waals surface area contributed by atoms with E-state index in [9.17, 15) is 0 Å². The van der Waals surface area contributed by atoms with Crippen LogP contribution in [0.25, 0.3) is 10.9 Å². The molecule has 1 aliphatic heterocycles. The third-order valence-corrected chi connectivity index (χ3v) is 6.25. The molecule has 128 valence electrons. The Bertz CT molecular complexity index is 802. The molecule has 0 radical (unpaired) electrons. The van der Waals surface area contributed by atoms with Crippen LogP contribution in [0.1, 0.15) is 50.9 Å². The molecule has 0 spiro atoms. The van der Waals surface area contributed by atoms with Gasteiger partial charge in [-0.1, -0.05) is 18.1 Å². The highest BCUT2D eigenvalue weighted by molar-refractivity contribution is 5.86. The molecule has 2 heterocycles. The molecule has 3 nitrogen and oxygen atoms in total. The summed E-state index contributed by atoms with van der Waals surface area (Å²) in [7, 11) is 1.74. The van der Waals surface area contributed by atoms with Crippen LogP contribution in [-0.4, -0.2) is 18.6 Å². The Morgan fingerprint density at radius 1 is 1.12 bits per heavy atom. The van der Waals surface area contributed by atoms with Crippen molar-refractivity contribution in [3.05, 3.63) is 40.6 Å². The van der Waals surface area contributed by atoms with E-state index in [4.69, 9.17) is 4.74 Å². The molecule has 4 rings (SSSR count). The highest BCUT2D eigenvalue weighted by Crippen LogP contribution is 2.44. The smallest absolute Gasteiger partial charge is 0.119 e. The first-order chi connectivity index (χ1) is 11.6. The van der Waals surface area contributed by atoms with E-state index in [2.05, 4.69) is 43.2 Å². The van der Waals surface area contributed by atoms with Crippen molar-refractivity contribution in [2.45, 2.75) is 46.1 Å². The van der Waals surface area contributed by atoms with E-state index < -0.39 is 0 Å². The molecule has 3 heteroatoms. The Hall–Kier alpha value is -1.74. The van der Waals surface area contributed by atoms with Gasteiger partial charge in [-0.15, -0.1) is 0 Å². The second kappa shape index (κ2) is 5.96. The van der Waals surface area contributed by atoms with E-state index >= 15 is 0 Å². The topological polar surface area (TPSA) is 37.0 Å². The molecule has 2 N–H and O–H groups in total. The highest BCUT2D eigenvalue weighted by Gasteiger charge is 2.35. The summed E-state index contributed by atoms with van der Waals surface area (Å²) in [6.07, 6.45) is 3.54. The number of H-pyrrole nitrogens is 1. The van der Waals surface area contributed by atoms with E-state index in [0.29, 0.717) is 12.0 Å². The summed E-state index contributed by atoms with van der Waals surface area (Å²) in [5, 5.41) is 5.15. The molecule has 1 aromatic carbocycles. The van der Waals surface area contributed by atoms with Gasteiger partial charge in [0.25, 0.3) is 0 Å². The lowest BCUT2D eigenvalue weighted by molar-refractivity contribution is 0.237. The van der Waals surface area contributed by atoms with Gasteiger partial charge in [-0.2, -0.15) is 0 Å². The number of aromatic amines is 1. The van der Waals surface area contributed by atoms with Crippen molar-refractivity contribution >= 4 is 10.9 Å². The second-order valence-corrected chi connectivity index (χ2v) is 7.72. The number of methoxy groups -OCH3 is 1. The Kier molecular flexibility index (Phi) is 3.92. The number of ether oxygens (including phenoxy) is 1. The predicted octanol–water partition coefficient (Wildman–Crippen LogP) is 4.75. The van der Waals surface area contributed by atoms with Crippen LogP contribution in [0, 0.1) is 11.8 Å². The molecule has 3 atom stereocenters. The first-order valence-corrected chi connectivity index (χ1v) is 9.15. The quantitative estimate of drug-likeness (QED) is 0.783. The number of benzene rings is 1. The Balaban J connectivity index is 1.76. The lowest BCUT2D eigenvalue weighted by atomic mass is 9.72. The second-order valence-electron chi connectivity index (χ2n) is 7.72. The lowest BCUT2D eigenvalue weighted by Gasteiger charge is -2.39. The minimum Gasteiger partial charge on any atom is -0.497 e. The molecule has 24 heavy (non-hydrogen) atoms. The van der Waals surface area contributed by atoms with Crippen LogP contribution in [0.4, 0.5) is 0 Å². The molecule has 0 bridgehead atoms. The minimum absolute atomic E-state index is 0.435. The SMILES string of the molecule is COc1ccc2[nH]c3c(c2c1)CCN[C@H]3[C@H]1CC(C)=C(C)C[C@@H]1C. The van der Waals surface area contributed by atoms with Crippen LogP contribution >= 0.6 is 0 Å². The van der Waals surface area contributed by atoms with E-state index in [1.165, 1.54) is 35.0 Å². The van der Waals surface area contributed by atoms with Gasteiger partial charge in [-0.25, -0.2) is 0 Å². The van der Waals surface area contributed by atoms with Crippen molar-refractivity contribution in [2.75, 3.05) is 13.7 Å². The maximum absolute atomic E-state index is 5.43. The fourth-order valence-corrected chi connectivity index (χ4v) is 4.71. The molecule has 0 amide bonds. The Morgan fingerprint density at radius 2 is 1.92 bits per heavy atom. The molecule has 0 fully saturated rings. The zero-order chi connectivity index (χ0) is 16.8. The van der Waals surface area contributed by atoms with Crippen LogP contribution in [0.5, 0.6) is 5.75 Å². The molecule has 2 aromatic rings. The van der Waals surface area contributed by atoms with Crippen LogP contribution < -0.4 is 10.1 Å². The van der Waals surface area contributed by atoms with Gasteiger partial charge < -0.3 is 15.0 Å². The van der Waals surface area contributed by atoms with E-state index in [1.54, 1.807) is 18.3 Å². The van der Waals surface area contributed by atoms with E-state index in [0.717, 1.165) is 24.6 Å². The lowest BCUT2D eigenvalue weighted by Crippen LogP contribution is -2.38. The standard InChI is InChI=1S/C21H28N2O/c1-12-9-14(3)17(10-13(12)2)20-21-16(7-8-22-20)18-11-15(24-4)5-6-19(18)23-21/h5-6,11,14,17,20,22-23H,7-10H2,1-4H3/t14-,17-,20-/m0/s1. The van der Waals surface area contributed by atoms with Crippen LogP contribution in [0.15, 0.2) is 29.3 Å². The average molecular weight is 324 g/mol. The summed E-state index contributed by atoms with van der Waals surface area (Å²) < 4.78 is 5.43. The Morgan fingerprint density at radius 3 is 2.71 bits per heavy atom. The van der Waals surface area contributed by atoms with Gasteiger partial charge in [0.2, 0.25) is 0 Å². The molecule has 0 saturated carbocycles. The van der Waals surface area contributed by atoms with Gasteiger partial charge >= 0.3 is 0 Å². The van der Waals surface area contributed by atoms with Gasteiger partial charge in [-0.3, -0.25) is 0 Å². The summed E-state index contributed by atoms with van der Waals surface area (Å²) in [6, 6.07) is 6.83. The monoisotopic (exact) mass is 324 g/mol. The van der Waals surface area contributed by atoms with Gasteiger partial charge in [0, 0.05) is 16.6 Å². The van der Waals surface area contributed by atoms with Crippen LogP contribution in [-0.2, 0) is 6.42 Å². The minimum atomic E-state index is 0.435. The van der Waals surface area contributed by atoms with Crippen LogP contribution in [0.2, 0.25) is 0 Å². The number of allylic oxidation sites excluding steroid dienone is 2. The zero-order valence-electron chi connectivity index (χ0n) is 15.2. The van der Waals surface area contributed by atoms with Crippen LogP contribution in [0.3, 0.4) is 0 Å². The molecular formula is C21H28N2O. The van der Waals surface area contributed by atoms with Crippen molar-refractivity contribution in [1.29, 1.82) is 0 Å². The summed E-state index contributed by atoms with van der Waals surface area (Å²) in [5.74, 6) is 2.33. The summed E-state index contributed by atoms with van der Waals surface area (Å²) in [4.78, 5) is 3.73. The molecule has 1 aliphatic carbocycles. The van der Waals surface area contributed by atoms with Gasteiger partial charge in [0.1, 0.15) is 5.75 Å². The number of hydrogen-bond donors (Lipinski definition) is 2. The summed E-state index contributed by atoms with van der Waals surface area (Å²) in [5.41, 5.74) is 7.32. The third-order valence-electron chi connectivity index (χ3n) is 6.25. The fraction of sp³-hybridized carbons (Fsp3) is 0.524. The zero-order valence-corrected chi connectivity index (χ0v) is 15.2. The van der Waals surface area contributed by atoms with E-state index in [1.807, 2.05) is 6.07 Å². The Labute approximate surface area is 144 Å². The summed E-state index contributed by atoms with van der Waals surface area (Å²) >= 11 is 0. The predicted molar refractivity (Wildman–Crippen MR) is 99.6 cm³/mol. The van der Waals surface area contributed by atoms with E-state index in [-0.39, 0.29) is 0 Å². The van der Waals surface area contributed by atoms with Gasteiger partial charge in [-0.05, 0) is 75.3 Å². The van der Waals surface area contributed by atoms with Crippen molar-refractivity contribution in [3.63, 3.8) is 0 Å². The van der Waals surface area contributed by atoms with Crippen molar-refractivity contribution in [1.82, 2.24) is 10.3 Å². The molecular weight excluding hydrogens is 296 g/mol. The highest BCUT2D eigenvalue weighted by atomic mass is 16.5. The molecule has 0 unspecified atom stereocenters. The maximum Gasteiger partial charge on any atom is 0.119 e. The van der Waals surface area contributed by atoms with Crippen molar-refractivity contribution in [3.8, 4) is 5.75 Å². The number of nitrogens with one attached hydrogen (secondary N) is 2. The van der Waals surface area contributed by atoms with Gasteiger partial charge in [0.15, 0.2) is 0 Å². The number of aromatic nitrogens is 1. The molecule has 0 saturated heterocycles. The fourth-order valence-electron chi connectivity index (χ4n) is 4.71. The average Bonchev–Trinajstić information content (AvgIpc) is 2.96. The number of fused-ring (bicyclic) bond motifs is 3. The summed E-state index contributed by atoms with van der Waals surface area (Å²) in [6.45, 7) is 8.10. The maximum atomic E-state index is 5.43. The first-order valence-electron chi connectivity index (χ1n) is 9.15. The van der Waals surface area contributed by atoms with Gasteiger partial charge in [0.05, 0.1) is 13.2 Å². The number of rotatable bonds is 2.